The van der Waals surface area contributed by atoms with E-state index in [1.165, 1.54) is 17.7 Å². The number of halogens is 2. The van der Waals surface area contributed by atoms with Gasteiger partial charge < -0.3 is 10.1 Å². The SMILES string of the molecule is CC(NCc1ccccc1OCc1ccc(F)cc1)c1ccccc1.Cl. The third-order valence-corrected chi connectivity index (χ3v) is 4.18. The molecule has 4 heteroatoms. The predicted molar refractivity (Wildman–Crippen MR) is 106 cm³/mol. The van der Waals surface area contributed by atoms with Crippen LogP contribution < -0.4 is 10.1 Å². The fraction of sp³-hybridized carbons (Fsp3) is 0.182. The largest absolute Gasteiger partial charge is 0.489 e. The lowest BCUT2D eigenvalue weighted by molar-refractivity contribution is 0.301. The van der Waals surface area contributed by atoms with E-state index in [4.69, 9.17) is 4.74 Å². The Balaban J connectivity index is 0.00000243. The summed E-state index contributed by atoms with van der Waals surface area (Å²) < 4.78 is 18.9. The standard InChI is InChI=1S/C22H22FNO.ClH/c1-17(19-7-3-2-4-8-19)24-15-20-9-5-6-10-22(20)25-16-18-11-13-21(23)14-12-18;/h2-14,17,24H,15-16H2,1H3;1H. The Labute approximate surface area is 160 Å². The van der Waals surface area contributed by atoms with E-state index in [1.54, 1.807) is 12.1 Å². The fourth-order valence-electron chi connectivity index (χ4n) is 2.66. The van der Waals surface area contributed by atoms with Crippen LogP contribution >= 0.6 is 12.4 Å². The van der Waals surface area contributed by atoms with Crippen molar-refractivity contribution in [3.63, 3.8) is 0 Å². The van der Waals surface area contributed by atoms with Crippen LogP contribution in [-0.4, -0.2) is 0 Å². The molecule has 0 heterocycles. The summed E-state index contributed by atoms with van der Waals surface area (Å²) in [5, 5.41) is 3.53. The second kappa shape index (κ2) is 9.95. The van der Waals surface area contributed by atoms with Gasteiger partial charge in [-0.15, -0.1) is 12.4 Å². The Bertz CT molecular complexity index is 793. The van der Waals surface area contributed by atoms with Crippen LogP contribution in [0.1, 0.15) is 29.7 Å². The van der Waals surface area contributed by atoms with E-state index >= 15 is 0 Å². The quantitative estimate of drug-likeness (QED) is 0.577. The van der Waals surface area contributed by atoms with Crippen LogP contribution in [0, 0.1) is 5.82 Å². The molecule has 0 aliphatic rings. The number of hydrogen-bond acceptors (Lipinski definition) is 2. The van der Waals surface area contributed by atoms with Crippen LogP contribution in [-0.2, 0) is 13.2 Å². The van der Waals surface area contributed by atoms with Gasteiger partial charge in [-0.2, -0.15) is 0 Å². The molecule has 3 rings (SSSR count). The van der Waals surface area contributed by atoms with Crippen molar-refractivity contribution in [1.82, 2.24) is 5.32 Å². The summed E-state index contributed by atoms with van der Waals surface area (Å²) in [4.78, 5) is 0. The molecule has 0 saturated carbocycles. The molecule has 0 aromatic heterocycles. The maximum absolute atomic E-state index is 13.0. The molecule has 0 spiro atoms. The number of benzene rings is 3. The first-order valence-corrected chi connectivity index (χ1v) is 8.46. The number of para-hydroxylation sites is 1. The Morgan fingerprint density at radius 2 is 1.54 bits per heavy atom. The van der Waals surface area contributed by atoms with Crippen molar-refractivity contribution >= 4 is 12.4 Å². The van der Waals surface area contributed by atoms with Gasteiger partial charge in [0.25, 0.3) is 0 Å². The number of hydrogen-bond donors (Lipinski definition) is 1. The van der Waals surface area contributed by atoms with Gasteiger partial charge in [0.1, 0.15) is 18.2 Å². The summed E-state index contributed by atoms with van der Waals surface area (Å²) >= 11 is 0. The molecule has 1 N–H and O–H groups in total. The van der Waals surface area contributed by atoms with E-state index in [2.05, 4.69) is 30.4 Å². The number of rotatable bonds is 7. The molecule has 0 bridgehead atoms. The molecule has 3 aromatic rings. The molecule has 0 aliphatic carbocycles. The van der Waals surface area contributed by atoms with Gasteiger partial charge >= 0.3 is 0 Å². The zero-order valence-electron chi connectivity index (χ0n) is 14.7. The average molecular weight is 372 g/mol. The van der Waals surface area contributed by atoms with E-state index in [9.17, 15) is 4.39 Å². The molecule has 0 radical (unpaired) electrons. The second-order valence-electron chi connectivity index (χ2n) is 6.04. The van der Waals surface area contributed by atoms with Gasteiger partial charge in [-0.1, -0.05) is 60.7 Å². The van der Waals surface area contributed by atoms with Crippen molar-refractivity contribution in [3.05, 3.63) is 101 Å². The lowest BCUT2D eigenvalue weighted by Gasteiger charge is -2.16. The van der Waals surface area contributed by atoms with E-state index < -0.39 is 0 Å². The molecule has 0 saturated heterocycles. The molecule has 26 heavy (non-hydrogen) atoms. The molecule has 1 atom stereocenters. The Hall–Kier alpha value is -2.36. The Morgan fingerprint density at radius 1 is 0.885 bits per heavy atom. The molecular weight excluding hydrogens is 349 g/mol. The van der Waals surface area contributed by atoms with Crippen LogP contribution in [0.3, 0.4) is 0 Å². The van der Waals surface area contributed by atoms with Crippen molar-refractivity contribution < 1.29 is 9.13 Å². The number of nitrogens with one attached hydrogen (secondary N) is 1. The summed E-state index contributed by atoms with van der Waals surface area (Å²) in [7, 11) is 0. The molecular formula is C22H23ClFNO. The third-order valence-electron chi connectivity index (χ3n) is 4.18. The van der Waals surface area contributed by atoms with Gasteiger partial charge in [0, 0.05) is 18.2 Å². The van der Waals surface area contributed by atoms with Crippen molar-refractivity contribution in [2.45, 2.75) is 26.1 Å². The lowest BCUT2D eigenvalue weighted by atomic mass is 10.1. The molecule has 2 nitrogen and oxygen atoms in total. The summed E-state index contributed by atoms with van der Waals surface area (Å²) in [5.74, 6) is 0.614. The second-order valence-corrected chi connectivity index (χ2v) is 6.04. The van der Waals surface area contributed by atoms with Crippen LogP contribution in [0.4, 0.5) is 4.39 Å². The fourth-order valence-corrected chi connectivity index (χ4v) is 2.66. The third kappa shape index (κ3) is 5.58. The van der Waals surface area contributed by atoms with E-state index in [0.29, 0.717) is 6.61 Å². The first kappa shape index (κ1) is 20.0. The minimum absolute atomic E-state index is 0. The van der Waals surface area contributed by atoms with E-state index in [1.807, 2.05) is 36.4 Å². The molecule has 0 aliphatic heterocycles. The number of ether oxygens (including phenoxy) is 1. The van der Waals surface area contributed by atoms with Crippen LogP contribution in [0.25, 0.3) is 0 Å². The van der Waals surface area contributed by atoms with Crippen molar-refractivity contribution in [1.29, 1.82) is 0 Å². The van der Waals surface area contributed by atoms with Gasteiger partial charge in [-0.05, 0) is 36.2 Å². The van der Waals surface area contributed by atoms with Gasteiger partial charge in [0.15, 0.2) is 0 Å². The van der Waals surface area contributed by atoms with E-state index in [-0.39, 0.29) is 24.3 Å². The summed E-state index contributed by atoms with van der Waals surface area (Å²) in [5.41, 5.74) is 3.31. The molecule has 1 unspecified atom stereocenters. The minimum Gasteiger partial charge on any atom is -0.489 e. The molecule has 0 amide bonds. The molecule has 3 aromatic carbocycles. The van der Waals surface area contributed by atoms with Gasteiger partial charge in [-0.3, -0.25) is 0 Å². The van der Waals surface area contributed by atoms with Crippen molar-refractivity contribution in [2.24, 2.45) is 0 Å². The highest BCUT2D eigenvalue weighted by atomic mass is 35.5. The van der Waals surface area contributed by atoms with Gasteiger partial charge in [0.05, 0.1) is 0 Å². The summed E-state index contributed by atoms with van der Waals surface area (Å²) in [6.07, 6.45) is 0. The summed E-state index contributed by atoms with van der Waals surface area (Å²) in [6, 6.07) is 25.0. The molecule has 136 valence electrons. The zero-order valence-corrected chi connectivity index (χ0v) is 15.5. The maximum Gasteiger partial charge on any atom is 0.124 e. The predicted octanol–water partition coefficient (Wildman–Crippen LogP) is 5.68. The van der Waals surface area contributed by atoms with Crippen molar-refractivity contribution in [2.75, 3.05) is 0 Å². The van der Waals surface area contributed by atoms with Crippen LogP contribution in [0.2, 0.25) is 0 Å². The normalized spacial score (nSPS) is 11.5. The topological polar surface area (TPSA) is 21.3 Å². The first-order chi connectivity index (χ1) is 12.2. The summed E-state index contributed by atoms with van der Waals surface area (Å²) in [6.45, 7) is 3.29. The van der Waals surface area contributed by atoms with Crippen LogP contribution in [0.15, 0.2) is 78.9 Å². The highest BCUT2D eigenvalue weighted by Crippen LogP contribution is 2.21. The first-order valence-electron chi connectivity index (χ1n) is 8.46. The Morgan fingerprint density at radius 3 is 2.27 bits per heavy atom. The average Bonchev–Trinajstić information content (AvgIpc) is 2.67. The van der Waals surface area contributed by atoms with Gasteiger partial charge in [0.2, 0.25) is 0 Å². The van der Waals surface area contributed by atoms with Crippen molar-refractivity contribution in [3.8, 4) is 5.75 Å². The Kier molecular flexibility index (Phi) is 7.64. The monoisotopic (exact) mass is 371 g/mol. The highest BCUT2D eigenvalue weighted by Gasteiger charge is 2.07. The maximum atomic E-state index is 13.0. The molecule has 0 fully saturated rings. The van der Waals surface area contributed by atoms with Crippen LogP contribution in [0.5, 0.6) is 5.75 Å². The minimum atomic E-state index is -0.233. The highest BCUT2D eigenvalue weighted by molar-refractivity contribution is 5.85. The smallest absolute Gasteiger partial charge is 0.124 e. The van der Waals surface area contributed by atoms with E-state index in [0.717, 1.165) is 23.4 Å². The lowest BCUT2D eigenvalue weighted by Crippen LogP contribution is -2.18. The van der Waals surface area contributed by atoms with Gasteiger partial charge in [-0.25, -0.2) is 4.39 Å². The zero-order chi connectivity index (χ0) is 17.5.